The molecule has 1 N–H and O–H groups in total. The molecule has 3 rings (SSSR count). The molecule has 0 spiro atoms. The van der Waals surface area contributed by atoms with Crippen molar-refractivity contribution >= 4 is 46.1 Å². The molecule has 8 nitrogen and oxygen atoms in total. The molecule has 1 amide bonds. The van der Waals surface area contributed by atoms with Crippen LogP contribution in [0.15, 0.2) is 46.3 Å². The van der Waals surface area contributed by atoms with Gasteiger partial charge in [0.1, 0.15) is 5.75 Å². The van der Waals surface area contributed by atoms with Crippen LogP contribution in [0.25, 0.3) is 16.6 Å². The summed E-state index contributed by atoms with van der Waals surface area (Å²) < 4.78 is 6.83. The Bertz CT molecular complexity index is 1270. The molecular formula is C23H23ClN3O5S-. The quantitative estimate of drug-likeness (QED) is 0.382. The van der Waals surface area contributed by atoms with Crippen molar-refractivity contribution in [1.82, 2.24) is 14.9 Å². The molecule has 0 unspecified atom stereocenters. The van der Waals surface area contributed by atoms with Crippen LogP contribution in [0, 0.1) is 12.8 Å². The van der Waals surface area contributed by atoms with Crippen LogP contribution in [0.1, 0.15) is 19.4 Å². The van der Waals surface area contributed by atoms with Gasteiger partial charge >= 0.3 is 0 Å². The Morgan fingerprint density at radius 3 is 2.61 bits per heavy atom. The van der Waals surface area contributed by atoms with Gasteiger partial charge in [0.05, 0.1) is 41.5 Å². The van der Waals surface area contributed by atoms with E-state index in [1.165, 1.54) is 11.7 Å². The molecule has 174 valence electrons. The lowest BCUT2D eigenvalue weighted by atomic mass is 10.1. The lowest BCUT2D eigenvalue weighted by Crippen LogP contribution is -2.51. The van der Waals surface area contributed by atoms with E-state index in [0.29, 0.717) is 27.4 Å². The van der Waals surface area contributed by atoms with Gasteiger partial charge in [-0.25, -0.2) is 4.98 Å². The number of hydrogen-bond donors (Lipinski definition) is 1. The molecule has 0 radical (unpaired) electrons. The molecule has 0 fully saturated rings. The number of methoxy groups -OCH3 is 1. The van der Waals surface area contributed by atoms with Gasteiger partial charge in [-0.3, -0.25) is 14.2 Å². The minimum absolute atomic E-state index is 0.157. The number of aryl methyl sites for hydroxylation is 1. The van der Waals surface area contributed by atoms with Crippen LogP contribution >= 0.6 is 23.4 Å². The van der Waals surface area contributed by atoms with E-state index in [9.17, 15) is 19.5 Å². The number of carbonyl (C=O) groups excluding carboxylic acids is 2. The number of rotatable bonds is 8. The number of aliphatic carboxylic acids is 1. The Hall–Kier alpha value is -3.04. The molecule has 0 saturated heterocycles. The molecule has 3 aromatic rings. The number of nitrogens with one attached hydrogen (secondary N) is 1. The molecule has 0 aliphatic rings. The molecule has 1 aromatic heterocycles. The highest BCUT2D eigenvalue weighted by Crippen LogP contribution is 2.32. The molecule has 1 heterocycles. The summed E-state index contributed by atoms with van der Waals surface area (Å²) >= 11 is 7.25. The summed E-state index contributed by atoms with van der Waals surface area (Å²) in [7, 11) is 1.47. The van der Waals surface area contributed by atoms with Gasteiger partial charge in [-0.1, -0.05) is 49.3 Å². The number of benzene rings is 2. The number of carboxylic acids is 1. The Balaban J connectivity index is 2.07. The van der Waals surface area contributed by atoms with Crippen molar-refractivity contribution in [3.63, 3.8) is 0 Å². The summed E-state index contributed by atoms with van der Waals surface area (Å²) in [4.78, 5) is 41.8. The third-order valence-corrected chi connectivity index (χ3v) is 6.36. The zero-order valence-electron chi connectivity index (χ0n) is 18.5. The monoisotopic (exact) mass is 488 g/mol. The van der Waals surface area contributed by atoms with E-state index < -0.39 is 17.9 Å². The van der Waals surface area contributed by atoms with Gasteiger partial charge in [0.15, 0.2) is 5.16 Å². The van der Waals surface area contributed by atoms with Gasteiger partial charge in [0, 0.05) is 11.1 Å². The number of carbonyl (C=O) groups is 2. The first kappa shape index (κ1) is 24.6. The molecule has 33 heavy (non-hydrogen) atoms. The molecule has 0 aliphatic heterocycles. The standard InChI is InChI=1S/C23H24ClN3O5S/c1-12(2)20(22(30)31)26-19(28)11-33-23-25-16-8-6-5-7-14(16)21(29)27(23)17-9-13(3)15(24)10-18(17)32-4/h5-10,12,20H,11H2,1-4H3,(H,26,28)(H,30,31)/p-1/t20-/m1/s1. The van der Waals surface area contributed by atoms with E-state index in [0.717, 1.165) is 17.3 Å². The van der Waals surface area contributed by atoms with Gasteiger partial charge in [0.25, 0.3) is 5.56 Å². The molecule has 1 atom stereocenters. The summed E-state index contributed by atoms with van der Waals surface area (Å²) in [6.07, 6.45) is 0. The Morgan fingerprint density at radius 1 is 1.27 bits per heavy atom. The number of fused-ring (bicyclic) bond motifs is 1. The smallest absolute Gasteiger partial charge is 0.266 e. The van der Waals surface area contributed by atoms with Crippen molar-refractivity contribution in [2.24, 2.45) is 5.92 Å². The number of carboxylic acid groups (broad SMARTS) is 1. The van der Waals surface area contributed by atoms with Gasteiger partial charge in [-0.05, 0) is 36.6 Å². The maximum Gasteiger partial charge on any atom is 0.266 e. The van der Waals surface area contributed by atoms with Crippen molar-refractivity contribution in [3.05, 3.63) is 57.3 Å². The SMILES string of the molecule is COc1cc(Cl)c(C)cc1-n1c(SCC(=O)N[C@@H](C(=O)[O-])C(C)C)nc2ccccc2c1=O. The van der Waals surface area contributed by atoms with E-state index in [-0.39, 0.29) is 22.4 Å². The predicted molar refractivity (Wildman–Crippen MR) is 126 cm³/mol. The zero-order valence-corrected chi connectivity index (χ0v) is 20.1. The van der Waals surface area contributed by atoms with Crippen molar-refractivity contribution in [3.8, 4) is 11.4 Å². The zero-order chi connectivity index (χ0) is 24.3. The Labute approximate surface area is 199 Å². The lowest BCUT2D eigenvalue weighted by Gasteiger charge is -2.23. The fourth-order valence-corrected chi connectivity index (χ4v) is 4.22. The van der Waals surface area contributed by atoms with E-state index in [2.05, 4.69) is 10.3 Å². The number of hydrogen-bond acceptors (Lipinski definition) is 7. The van der Waals surface area contributed by atoms with E-state index in [1.54, 1.807) is 57.2 Å². The van der Waals surface area contributed by atoms with Crippen molar-refractivity contribution in [2.75, 3.05) is 12.9 Å². The number of halogens is 1. The largest absolute Gasteiger partial charge is 0.548 e. The summed E-state index contributed by atoms with van der Waals surface area (Å²) in [5.41, 5.74) is 1.30. The second kappa shape index (κ2) is 10.3. The molecule has 10 heteroatoms. The second-order valence-electron chi connectivity index (χ2n) is 7.72. The topological polar surface area (TPSA) is 113 Å². The third-order valence-electron chi connectivity index (χ3n) is 5.02. The fraction of sp³-hybridized carbons (Fsp3) is 0.304. The van der Waals surface area contributed by atoms with Crippen LogP contribution in [0.5, 0.6) is 5.75 Å². The first-order valence-corrected chi connectivity index (χ1v) is 11.5. The van der Waals surface area contributed by atoms with E-state index >= 15 is 0 Å². The lowest BCUT2D eigenvalue weighted by molar-refractivity contribution is -0.309. The third kappa shape index (κ3) is 5.31. The summed E-state index contributed by atoms with van der Waals surface area (Å²) in [6, 6.07) is 9.09. The van der Waals surface area contributed by atoms with Gasteiger partial charge in [0.2, 0.25) is 5.91 Å². The molecule has 2 aromatic carbocycles. The number of aromatic nitrogens is 2. The van der Waals surface area contributed by atoms with E-state index in [4.69, 9.17) is 16.3 Å². The van der Waals surface area contributed by atoms with Crippen LogP contribution < -0.4 is 20.7 Å². The van der Waals surface area contributed by atoms with Crippen molar-refractivity contribution < 1.29 is 19.4 Å². The number of ether oxygens (including phenoxy) is 1. The summed E-state index contributed by atoms with van der Waals surface area (Å²) in [5, 5.41) is 14.9. The van der Waals surface area contributed by atoms with Crippen molar-refractivity contribution in [2.45, 2.75) is 32.0 Å². The average molecular weight is 489 g/mol. The first-order chi connectivity index (χ1) is 15.6. The van der Waals surface area contributed by atoms with E-state index in [1.807, 2.05) is 0 Å². The average Bonchev–Trinajstić information content (AvgIpc) is 2.77. The van der Waals surface area contributed by atoms with Gasteiger partial charge < -0.3 is 20.0 Å². The Kier molecular flexibility index (Phi) is 7.65. The van der Waals surface area contributed by atoms with Gasteiger partial charge in [-0.15, -0.1) is 0 Å². The minimum atomic E-state index is -1.36. The predicted octanol–water partition coefficient (Wildman–Crippen LogP) is 2.34. The number of para-hydroxylation sites is 1. The number of nitrogens with zero attached hydrogens (tertiary/aromatic N) is 2. The molecule has 0 bridgehead atoms. The second-order valence-corrected chi connectivity index (χ2v) is 9.07. The van der Waals surface area contributed by atoms with Gasteiger partial charge in [-0.2, -0.15) is 0 Å². The number of amides is 1. The molecular weight excluding hydrogens is 466 g/mol. The fourth-order valence-electron chi connectivity index (χ4n) is 3.25. The van der Waals surface area contributed by atoms with Crippen molar-refractivity contribution in [1.29, 1.82) is 0 Å². The Morgan fingerprint density at radius 2 is 1.97 bits per heavy atom. The van der Waals surface area contributed by atoms with Crippen LogP contribution in [0.4, 0.5) is 0 Å². The maximum atomic E-state index is 13.4. The summed E-state index contributed by atoms with van der Waals surface area (Å²) in [5.74, 6) is -2.01. The van der Waals surface area contributed by atoms with Crippen LogP contribution in [-0.2, 0) is 9.59 Å². The summed E-state index contributed by atoms with van der Waals surface area (Å²) in [6.45, 7) is 5.15. The number of thioether (sulfide) groups is 1. The van der Waals surface area contributed by atoms with Crippen LogP contribution in [0.2, 0.25) is 5.02 Å². The highest BCUT2D eigenvalue weighted by Gasteiger charge is 2.21. The molecule has 0 saturated carbocycles. The van der Waals surface area contributed by atoms with Crippen LogP contribution in [0.3, 0.4) is 0 Å². The highest BCUT2D eigenvalue weighted by molar-refractivity contribution is 7.99. The maximum absolute atomic E-state index is 13.4. The van der Waals surface area contributed by atoms with Crippen LogP contribution in [-0.4, -0.2) is 40.3 Å². The minimum Gasteiger partial charge on any atom is -0.548 e. The molecule has 0 aliphatic carbocycles. The highest BCUT2D eigenvalue weighted by atomic mass is 35.5. The first-order valence-electron chi connectivity index (χ1n) is 10.1. The normalized spacial score (nSPS) is 12.1.